The molecule has 0 aromatic carbocycles. The molecule has 0 bridgehead atoms. The minimum absolute atomic E-state index is 0.256. The molecule has 1 aliphatic carbocycles. The van der Waals surface area contributed by atoms with E-state index in [9.17, 15) is 19.5 Å². The van der Waals surface area contributed by atoms with Crippen LogP contribution in [0.4, 0.5) is 0 Å². The maximum absolute atomic E-state index is 12.1. The predicted octanol–water partition coefficient (Wildman–Crippen LogP) is -0.0585. The van der Waals surface area contributed by atoms with Crippen molar-refractivity contribution in [2.75, 3.05) is 13.7 Å². The monoisotopic (exact) mass is 269 g/mol. The highest BCUT2D eigenvalue weighted by Crippen LogP contribution is 2.44. The quantitative estimate of drug-likeness (QED) is 0.571. The first-order valence-corrected chi connectivity index (χ1v) is 6.60. The number of rotatable bonds is 4. The minimum atomic E-state index is -1.46. The summed E-state index contributed by atoms with van der Waals surface area (Å²) in [5.74, 6) is -1.44. The van der Waals surface area contributed by atoms with Gasteiger partial charge in [0.25, 0.3) is 0 Å². The number of imide groups is 1. The summed E-state index contributed by atoms with van der Waals surface area (Å²) < 4.78 is 4.38. The summed E-state index contributed by atoms with van der Waals surface area (Å²) >= 11 is 0. The van der Waals surface area contributed by atoms with Gasteiger partial charge in [-0.3, -0.25) is 14.5 Å². The minimum Gasteiger partial charge on any atom is -0.467 e. The van der Waals surface area contributed by atoms with Gasteiger partial charge in [0.2, 0.25) is 11.8 Å². The van der Waals surface area contributed by atoms with Crippen molar-refractivity contribution in [3.63, 3.8) is 0 Å². The van der Waals surface area contributed by atoms with Crippen molar-refractivity contribution in [2.24, 2.45) is 17.8 Å². The van der Waals surface area contributed by atoms with Crippen molar-refractivity contribution in [2.45, 2.75) is 32.3 Å². The van der Waals surface area contributed by atoms with E-state index in [-0.39, 0.29) is 30.2 Å². The van der Waals surface area contributed by atoms with E-state index < -0.39 is 12.1 Å². The summed E-state index contributed by atoms with van der Waals surface area (Å²) in [5.41, 5.74) is 0. The average molecular weight is 269 g/mol. The fourth-order valence-electron chi connectivity index (χ4n) is 3.09. The van der Waals surface area contributed by atoms with Gasteiger partial charge in [0.1, 0.15) is 0 Å². The summed E-state index contributed by atoms with van der Waals surface area (Å²) in [6.07, 6.45) is 0.976. The Kier molecular flexibility index (Phi) is 3.89. The van der Waals surface area contributed by atoms with Crippen LogP contribution in [0.15, 0.2) is 0 Å². The van der Waals surface area contributed by atoms with Crippen LogP contribution in [0, 0.1) is 17.8 Å². The Morgan fingerprint density at radius 2 is 1.89 bits per heavy atom. The van der Waals surface area contributed by atoms with Crippen molar-refractivity contribution in [1.82, 2.24) is 4.90 Å². The molecule has 1 saturated carbocycles. The number of methoxy groups -OCH3 is 1. The zero-order valence-electron chi connectivity index (χ0n) is 11.2. The zero-order chi connectivity index (χ0) is 14.2. The van der Waals surface area contributed by atoms with Gasteiger partial charge in [-0.25, -0.2) is 4.79 Å². The maximum Gasteiger partial charge on any atom is 0.336 e. The highest BCUT2D eigenvalue weighted by molar-refractivity contribution is 6.05. The highest BCUT2D eigenvalue weighted by Gasteiger charge is 2.52. The molecular formula is C13H19NO5. The number of amides is 2. The fraction of sp³-hybridized carbons (Fsp3) is 0.769. The summed E-state index contributed by atoms with van der Waals surface area (Å²) in [5, 5.41) is 9.55. The lowest BCUT2D eigenvalue weighted by atomic mass is 10.00. The second-order valence-electron chi connectivity index (χ2n) is 5.28. The van der Waals surface area contributed by atoms with Gasteiger partial charge in [0.05, 0.1) is 25.5 Å². The molecule has 2 fully saturated rings. The van der Waals surface area contributed by atoms with E-state index in [2.05, 4.69) is 11.7 Å². The summed E-state index contributed by atoms with van der Waals surface area (Å²) in [6, 6.07) is 0. The Balaban J connectivity index is 2.04. The van der Waals surface area contributed by atoms with Gasteiger partial charge in [0.15, 0.2) is 6.10 Å². The van der Waals surface area contributed by atoms with Crippen molar-refractivity contribution in [1.29, 1.82) is 0 Å². The van der Waals surface area contributed by atoms with Crippen LogP contribution in [0.5, 0.6) is 0 Å². The van der Waals surface area contributed by atoms with Crippen LogP contribution in [-0.4, -0.2) is 47.5 Å². The topological polar surface area (TPSA) is 83.9 Å². The largest absolute Gasteiger partial charge is 0.467 e. The van der Waals surface area contributed by atoms with E-state index in [1.165, 1.54) is 0 Å². The molecule has 6 nitrogen and oxygen atoms in total. The van der Waals surface area contributed by atoms with E-state index in [0.717, 1.165) is 31.3 Å². The first-order valence-electron chi connectivity index (χ1n) is 6.60. The molecule has 2 rings (SSSR count). The predicted molar refractivity (Wildman–Crippen MR) is 64.7 cm³/mol. The number of aliphatic hydroxyl groups is 1. The third kappa shape index (κ3) is 2.36. The van der Waals surface area contributed by atoms with Gasteiger partial charge in [-0.2, -0.15) is 0 Å². The fourth-order valence-corrected chi connectivity index (χ4v) is 3.09. The number of hydrogen-bond acceptors (Lipinski definition) is 5. The Morgan fingerprint density at radius 1 is 1.37 bits per heavy atom. The second-order valence-corrected chi connectivity index (χ2v) is 5.28. The van der Waals surface area contributed by atoms with Crippen molar-refractivity contribution < 1.29 is 24.2 Å². The van der Waals surface area contributed by atoms with Crippen LogP contribution in [-0.2, 0) is 19.1 Å². The number of likely N-dealkylation sites (tertiary alicyclic amines) is 1. The molecule has 2 amide bonds. The molecule has 0 radical (unpaired) electrons. The first-order chi connectivity index (χ1) is 8.99. The number of nitrogens with zero attached hydrogens (tertiary/aromatic N) is 1. The molecule has 1 aliphatic heterocycles. The third-order valence-electron chi connectivity index (χ3n) is 4.23. The molecule has 0 aromatic heterocycles. The van der Waals surface area contributed by atoms with E-state index in [1.54, 1.807) is 0 Å². The Labute approximate surface area is 111 Å². The maximum atomic E-state index is 12.1. The van der Waals surface area contributed by atoms with Crippen LogP contribution < -0.4 is 0 Å². The molecule has 0 aromatic rings. The standard InChI is InChI=1S/C13H19NO5/c1-3-7-4-8-9(5-7)12(17)14(11(8)16)6-10(15)13(18)19-2/h7-10,15H,3-6H2,1-2H3. The molecular weight excluding hydrogens is 250 g/mol. The number of hydrogen-bond donors (Lipinski definition) is 1. The van der Waals surface area contributed by atoms with Crippen LogP contribution in [0.3, 0.4) is 0 Å². The third-order valence-corrected chi connectivity index (χ3v) is 4.23. The molecule has 1 N–H and O–H groups in total. The molecule has 0 spiro atoms. The van der Waals surface area contributed by atoms with Gasteiger partial charge < -0.3 is 9.84 Å². The average Bonchev–Trinajstić information content (AvgIpc) is 2.93. The van der Waals surface area contributed by atoms with Crippen LogP contribution in [0.25, 0.3) is 0 Å². The highest BCUT2D eigenvalue weighted by atomic mass is 16.5. The Morgan fingerprint density at radius 3 is 2.32 bits per heavy atom. The number of carbonyl (C=O) groups is 3. The molecule has 1 heterocycles. The zero-order valence-corrected chi connectivity index (χ0v) is 11.2. The van der Waals surface area contributed by atoms with Crippen molar-refractivity contribution in [3.05, 3.63) is 0 Å². The molecule has 1 saturated heterocycles. The molecule has 3 unspecified atom stereocenters. The number of carbonyl (C=O) groups excluding carboxylic acids is 3. The van der Waals surface area contributed by atoms with Crippen molar-refractivity contribution >= 4 is 17.8 Å². The molecule has 2 aliphatic rings. The molecule has 3 atom stereocenters. The first kappa shape index (κ1) is 14.0. The SMILES string of the molecule is CCC1CC2C(=O)N(CC(O)C(=O)OC)C(=O)C2C1. The lowest BCUT2D eigenvalue weighted by Gasteiger charge is -2.19. The molecule has 106 valence electrons. The van der Waals surface area contributed by atoms with Crippen molar-refractivity contribution in [3.8, 4) is 0 Å². The van der Waals surface area contributed by atoms with Crippen LogP contribution in [0.1, 0.15) is 26.2 Å². The van der Waals surface area contributed by atoms with E-state index in [1.807, 2.05) is 0 Å². The smallest absolute Gasteiger partial charge is 0.336 e. The van der Waals surface area contributed by atoms with Gasteiger partial charge >= 0.3 is 5.97 Å². The van der Waals surface area contributed by atoms with Gasteiger partial charge in [-0.15, -0.1) is 0 Å². The number of fused-ring (bicyclic) bond motifs is 1. The van der Waals surface area contributed by atoms with E-state index in [4.69, 9.17) is 0 Å². The van der Waals surface area contributed by atoms with E-state index in [0.29, 0.717) is 5.92 Å². The summed E-state index contributed by atoms with van der Waals surface area (Å²) in [6.45, 7) is 1.76. The van der Waals surface area contributed by atoms with Crippen LogP contribution >= 0.6 is 0 Å². The van der Waals surface area contributed by atoms with E-state index >= 15 is 0 Å². The van der Waals surface area contributed by atoms with Gasteiger partial charge in [-0.1, -0.05) is 13.3 Å². The molecule has 6 heteroatoms. The lowest BCUT2D eigenvalue weighted by molar-refractivity contribution is -0.153. The number of esters is 1. The molecule has 19 heavy (non-hydrogen) atoms. The van der Waals surface area contributed by atoms with Crippen LogP contribution in [0.2, 0.25) is 0 Å². The number of β-amino-alcohol motifs (C(OH)–C–C–N with tert-alkyl or cyclic N) is 1. The van der Waals surface area contributed by atoms with Gasteiger partial charge in [0, 0.05) is 0 Å². The number of aliphatic hydroxyl groups excluding tert-OH is 1. The summed E-state index contributed by atoms with van der Waals surface area (Å²) in [4.78, 5) is 36.4. The Bertz CT molecular complexity index is 384. The second kappa shape index (κ2) is 5.28. The van der Waals surface area contributed by atoms with Gasteiger partial charge in [-0.05, 0) is 18.8 Å². The Hall–Kier alpha value is -1.43. The normalized spacial score (nSPS) is 31.5. The lowest BCUT2D eigenvalue weighted by Crippen LogP contribution is -2.41. The summed E-state index contributed by atoms with van der Waals surface area (Å²) in [7, 11) is 1.15. The number of ether oxygens (including phenoxy) is 1.